The summed E-state index contributed by atoms with van der Waals surface area (Å²) in [4.78, 5) is 28.7. The second kappa shape index (κ2) is 10.1. The third-order valence-electron chi connectivity index (χ3n) is 5.17. The number of amides is 2. The molecule has 0 aromatic heterocycles. The van der Waals surface area contributed by atoms with E-state index in [1.54, 1.807) is 24.3 Å². The van der Waals surface area contributed by atoms with Crippen LogP contribution in [0.2, 0.25) is 5.02 Å². The summed E-state index contributed by atoms with van der Waals surface area (Å²) in [5, 5.41) is 3.45. The standard InChI is InChI=1S/C20H28ClN3O3/c21-17-7-5-16(6-8-17)20(26)22-9-1-4-19(25)24-12-10-23(11-13-24)15-18-3-2-14-27-18/h5-8,18H,1-4,9-15H2,(H,22,26). The molecule has 1 unspecified atom stereocenters. The summed E-state index contributed by atoms with van der Waals surface area (Å²) in [6, 6.07) is 6.77. The van der Waals surface area contributed by atoms with Crippen LogP contribution in [0.3, 0.4) is 0 Å². The number of hydrogen-bond donors (Lipinski definition) is 1. The number of nitrogens with zero attached hydrogens (tertiary/aromatic N) is 2. The van der Waals surface area contributed by atoms with Crippen LogP contribution in [0, 0.1) is 0 Å². The molecule has 1 atom stereocenters. The molecule has 2 heterocycles. The van der Waals surface area contributed by atoms with Gasteiger partial charge in [0.25, 0.3) is 5.91 Å². The predicted molar refractivity (Wildman–Crippen MR) is 105 cm³/mol. The van der Waals surface area contributed by atoms with Crippen molar-refractivity contribution >= 4 is 23.4 Å². The maximum Gasteiger partial charge on any atom is 0.251 e. The zero-order valence-electron chi connectivity index (χ0n) is 15.7. The van der Waals surface area contributed by atoms with Gasteiger partial charge in [-0.25, -0.2) is 0 Å². The highest BCUT2D eigenvalue weighted by atomic mass is 35.5. The van der Waals surface area contributed by atoms with E-state index in [1.807, 2.05) is 4.90 Å². The van der Waals surface area contributed by atoms with E-state index in [9.17, 15) is 9.59 Å². The Bertz CT molecular complexity index is 624. The van der Waals surface area contributed by atoms with Crippen molar-refractivity contribution in [1.82, 2.24) is 15.1 Å². The molecule has 6 nitrogen and oxygen atoms in total. The normalized spacial score (nSPS) is 20.6. The van der Waals surface area contributed by atoms with Crippen molar-refractivity contribution in [3.05, 3.63) is 34.9 Å². The van der Waals surface area contributed by atoms with Gasteiger partial charge in [0.2, 0.25) is 5.91 Å². The Kier molecular flexibility index (Phi) is 7.50. The van der Waals surface area contributed by atoms with E-state index in [4.69, 9.17) is 16.3 Å². The van der Waals surface area contributed by atoms with Crippen LogP contribution in [0.25, 0.3) is 0 Å². The van der Waals surface area contributed by atoms with E-state index < -0.39 is 0 Å². The Morgan fingerprint density at radius 2 is 1.89 bits per heavy atom. The maximum absolute atomic E-state index is 12.4. The summed E-state index contributed by atoms with van der Waals surface area (Å²) < 4.78 is 5.69. The van der Waals surface area contributed by atoms with Crippen molar-refractivity contribution in [3.63, 3.8) is 0 Å². The van der Waals surface area contributed by atoms with Gasteiger partial charge in [-0.05, 0) is 43.5 Å². The number of ether oxygens (including phenoxy) is 1. The fraction of sp³-hybridized carbons (Fsp3) is 0.600. The number of carbonyl (C=O) groups excluding carboxylic acids is 2. The second-order valence-corrected chi connectivity index (χ2v) is 7.62. The molecule has 0 radical (unpaired) electrons. The average molecular weight is 394 g/mol. The quantitative estimate of drug-likeness (QED) is 0.721. The lowest BCUT2D eigenvalue weighted by Gasteiger charge is -2.35. The molecule has 0 aliphatic carbocycles. The highest BCUT2D eigenvalue weighted by Crippen LogP contribution is 2.15. The summed E-state index contributed by atoms with van der Waals surface area (Å²) in [5.41, 5.74) is 0.577. The Hall–Kier alpha value is -1.63. The lowest BCUT2D eigenvalue weighted by molar-refractivity contribution is -0.133. The summed E-state index contributed by atoms with van der Waals surface area (Å²) in [7, 11) is 0. The van der Waals surface area contributed by atoms with Gasteiger partial charge in [0.1, 0.15) is 0 Å². The third-order valence-corrected chi connectivity index (χ3v) is 5.42. The van der Waals surface area contributed by atoms with Crippen molar-refractivity contribution in [1.29, 1.82) is 0 Å². The van der Waals surface area contributed by atoms with Crippen LogP contribution in [0.5, 0.6) is 0 Å². The van der Waals surface area contributed by atoms with Gasteiger partial charge in [-0.3, -0.25) is 14.5 Å². The lowest BCUT2D eigenvalue weighted by atomic mass is 10.2. The van der Waals surface area contributed by atoms with E-state index in [0.29, 0.717) is 36.1 Å². The van der Waals surface area contributed by atoms with E-state index in [0.717, 1.165) is 52.2 Å². The van der Waals surface area contributed by atoms with E-state index in [1.165, 1.54) is 0 Å². The van der Waals surface area contributed by atoms with Gasteiger partial charge >= 0.3 is 0 Å². The number of nitrogens with one attached hydrogen (secondary N) is 1. The van der Waals surface area contributed by atoms with Crippen LogP contribution in [0.4, 0.5) is 0 Å². The Balaban J connectivity index is 1.29. The molecular weight excluding hydrogens is 366 g/mol. The van der Waals surface area contributed by atoms with Gasteiger partial charge in [0, 0.05) is 62.9 Å². The molecule has 2 aliphatic rings. The molecule has 2 saturated heterocycles. The largest absolute Gasteiger partial charge is 0.377 e. The summed E-state index contributed by atoms with van der Waals surface area (Å²) in [6.07, 6.45) is 3.80. The average Bonchev–Trinajstić information content (AvgIpc) is 3.19. The zero-order valence-corrected chi connectivity index (χ0v) is 16.4. The van der Waals surface area contributed by atoms with Gasteiger partial charge < -0.3 is 15.0 Å². The molecule has 0 bridgehead atoms. The number of halogens is 1. The smallest absolute Gasteiger partial charge is 0.251 e. The first-order chi connectivity index (χ1) is 13.1. The zero-order chi connectivity index (χ0) is 19.1. The highest BCUT2D eigenvalue weighted by molar-refractivity contribution is 6.30. The third kappa shape index (κ3) is 6.19. The minimum atomic E-state index is -0.137. The number of piperazine rings is 1. The fourth-order valence-corrected chi connectivity index (χ4v) is 3.69. The number of hydrogen-bond acceptors (Lipinski definition) is 4. The molecule has 2 amide bonds. The van der Waals surface area contributed by atoms with Crippen molar-refractivity contribution in [2.24, 2.45) is 0 Å². The van der Waals surface area contributed by atoms with Crippen LogP contribution in [-0.4, -0.2) is 73.6 Å². The lowest BCUT2D eigenvalue weighted by Crippen LogP contribution is -2.50. The first kappa shape index (κ1) is 20.1. The fourth-order valence-electron chi connectivity index (χ4n) is 3.56. The second-order valence-electron chi connectivity index (χ2n) is 7.18. The van der Waals surface area contributed by atoms with Crippen molar-refractivity contribution in [3.8, 4) is 0 Å². The molecular formula is C20H28ClN3O3. The molecule has 3 rings (SSSR count). The SMILES string of the molecule is O=C(NCCCC(=O)N1CCN(CC2CCCO2)CC1)c1ccc(Cl)cc1. The van der Waals surface area contributed by atoms with Gasteiger partial charge in [0.05, 0.1) is 6.10 Å². The molecule has 0 spiro atoms. The van der Waals surface area contributed by atoms with Crippen LogP contribution in [0.15, 0.2) is 24.3 Å². The van der Waals surface area contributed by atoms with Crippen molar-refractivity contribution in [2.75, 3.05) is 45.9 Å². The van der Waals surface area contributed by atoms with Crippen LogP contribution >= 0.6 is 11.6 Å². The van der Waals surface area contributed by atoms with Crippen LogP contribution in [-0.2, 0) is 9.53 Å². The van der Waals surface area contributed by atoms with E-state index in [2.05, 4.69) is 10.2 Å². The predicted octanol–water partition coefficient (Wildman–Crippen LogP) is 2.17. The number of carbonyl (C=O) groups is 2. The Morgan fingerprint density at radius 3 is 2.56 bits per heavy atom. The van der Waals surface area contributed by atoms with Crippen molar-refractivity contribution < 1.29 is 14.3 Å². The van der Waals surface area contributed by atoms with Crippen molar-refractivity contribution in [2.45, 2.75) is 31.8 Å². The summed E-state index contributed by atoms with van der Waals surface area (Å²) in [6.45, 7) is 5.76. The molecule has 148 valence electrons. The minimum Gasteiger partial charge on any atom is -0.377 e. The van der Waals surface area contributed by atoms with Crippen LogP contribution < -0.4 is 5.32 Å². The Morgan fingerprint density at radius 1 is 1.15 bits per heavy atom. The Labute approximate surface area is 165 Å². The van der Waals surface area contributed by atoms with Crippen LogP contribution in [0.1, 0.15) is 36.0 Å². The molecule has 1 aromatic rings. The van der Waals surface area contributed by atoms with E-state index >= 15 is 0 Å². The first-order valence-electron chi connectivity index (χ1n) is 9.77. The van der Waals surface area contributed by atoms with E-state index in [-0.39, 0.29) is 11.8 Å². The first-order valence-corrected chi connectivity index (χ1v) is 10.1. The monoisotopic (exact) mass is 393 g/mol. The highest BCUT2D eigenvalue weighted by Gasteiger charge is 2.24. The van der Waals surface area contributed by atoms with Gasteiger partial charge in [0.15, 0.2) is 0 Å². The summed E-state index contributed by atoms with van der Waals surface area (Å²) in [5.74, 6) is 0.0365. The molecule has 27 heavy (non-hydrogen) atoms. The van der Waals surface area contributed by atoms with Gasteiger partial charge in [-0.2, -0.15) is 0 Å². The molecule has 2 fully saturated rings. The maximum atomic E-state index is 12.4. The summed E-state index contributed by atoms with van der Waals surface area (Å²) >= 11 is 5.82. The molecule has 0 saturated carbocycles. The topological polar surface area (TPSA) is 61.9 Å². The van der Waals surface area contributed by atoms with Gasteiger partial charge in [-0.15, -0.1) is 0 Å². The minimum absolute atomic E-state index is 0.137. The number of benzene rings is 1. The molecule has 1 aromatic carbocycles. The molecule has 2 aliphatic heterocycles. The molecule has 7 heteroatoms. The molecule has 1 N–H and O–H groups in total. The number of rotatable bonds is 7. The van der Waals surface area contributed by atoms with Gasteiger partial charge in [-0.1, -0.05) is 11.6 Å².